The minimum Gasteiger partial charge on any atom is -0.293 e. The molecule has 0 atom stereocenters. The maximum absolute atomic E-state index is 5.54. The predicted molar refractivity (Wildman–Crippen MR) is 203 cm³/mol. The van der Waals surface area contributed by atoms with E-state index in [2.05, 4.69) is 168 Å². The van der Waals surface area contributed by atoms with E-state index in [0.29, 0.717) is 5.82 Å². The van der Waals surface area contributed by atoms with Gasteiger partial charge in [0.05, 0.1) is 16.4 Å². The van der Waals surface area contributed by atoms with Crippen molar-refractivity contribution < 1.29 is 0 Å². The lowest BCUT2D eigenvalue weighted by atomic mass is 9.96. The van der Waals surface area contributed by atoms with Crippen molar-refractivity contribution in [1.82, 2.24) is 14.5 Å². The smallest absolute Gasteiger partial charge is 0.163 e. The quantitative estimate of drug-likeness (QED) is 0.194. The molecule has 10 aromatic rings. The van der Waals surface area contributed by atoms with Crippen LogP contribution in [0.25, 0.3) is 92.3 Å². The highest BCUT2D eigenvalue weighted by molar-refractivity contribution is 7.25. The number of thiophene rings is 1. The second-order valence-corrected chi connectivity index (χ2v) is 13.3. The zero-order valence-electron chi connectivity index (χ0n) is 25.8. The molecule has 3 aromatic heterocycles. The molecule has 48 heavy (non-hydrogen) atoms. The molecule has 3 heterocycles. The third-order valence-corrected chi connectivity index (χ3v) is 10.4. The Kier molecular flexibility index (Phi) is 6.05. The summed E-state index contributed by atoms with van der Waals surface area (Å²) in [6.45, 7) is 0. The largest absolute Gasteiger partial charge is 0.293 e. The average Bonchev–Trinajstić information content (AvgIpc) is 3.69. The minimum absolute atomic E-state index is 0.714. The third kappa shape index (κ3) is 4.27. The number of hydrogen-bond donors (Lipinski definition) is 0. The van der Waals surface area contributed by atoms with Crippen molar-refractivity contribution in [2.75, 3.05) is 0 Å². The molecular formula is C44H27N3S. The van der Waals surface area contributed by atoms with Gasteiger partial charge in [0.1, 0.15) is 4.83 Å². The fourth-order valence-corrected chi connectivity index (χ4v) is 8.20. The molecule has 3 nitrogen and oxygen atoms in total. The first-order valence-electron chi connectivity index (χ1n) is 16.2. The van der Waals surface area contributed by atoms with Crippen LogP contribution in [0.15, 0.2) is 164 Å². The number of hydrogen-bond acceptors (Lipinski definition) is 3. The molecular weight excluding hydrogens is 603 g/mol. The van der Waals surface area contributed by atoms with Crippen molar-refractivity contribution in [3.8, 4) is 39.5 Å². The van der Waals surface area contributed by atoms with E-state index in [9.17, 15) is 0 Å². The van der Waals surface area contributed by atoms with Gasteiger partial charge in [0.25, 0.3) is 0 Å². The molecule has 0 amide bonds. The van der Waals surface area contributed by atoms with Gasteiger partial charge in [0.2, 0.25) is 0 Å². The monoisotopic (exact) mass is 629 g/mol. The summed E-state index contributed by atoms with van der Waals surface area (Å²) in [5, 5.41) is 7.12. The lowest BCUT2D eigenvalue weighted by Crippen LogP contribution is -2.02. The van der Waals surface area contributed by atoms with Crippen LogP contribution in [-0.4, -0.2) is 14.5 Å². The van der Waals surface area contributed by atoms with Crippen LogP contribution in [0.2, 0.25) is 0 Å². The number of fused-ring (bicyclic) bond motifs is 7. The van der Waals surface area contributed by atoms with Gasteiger partial charge >= 0.3 is 0 Å². The van der Waals surface area contributed by atoms with E-state index in [4.69, 9.17) is 9.97 Å². The van der Waals surface area contributed by atoms with Crippen molar-refractivity contribution in [2.24, 2.45) is 0 Å². The minimum atomic E-state index is 0.714. The van der Waals surface area contributed by atoms with Gasteiger partial charge in [-0.2, -0.15) is 0 Å². The Morgan fingerprint density at radius 2 is 1.00 bits per heavy atom. The van der Waals surface area contributed by atoms with Crippen molar-refractivity contribution in [3.63, 3.8) is 0 Å². The van der Waals surface area contributed by atoms with E-state index in [0.717, 1.165) is 54.9 Å². The van der Waals surface area contributed by atoms with E-state index in [1.165, 1.54) is 31.6 Å². The van der Waals surface area contributed by atoms with Gasteiger partial charge in [0.15, 0.2) is 11.6 Å². The fraction of sp³-hybridized carbons (Fsp3) is 0. The summed E-state index contributed by atoms with van der Waals surface area (Å²) in [6.07, 6.45) is 0. The van der Waals surface area contributed by atoms with E-state index < -0.39 is 0 Å². The summed E-state index contributed by atoms with van der Waals surface area (Å²) in [5.74, 6) is 1.62. The number of benzene rings is 7. The van der Waals surface area contributed by atoms with Crippen molar-refractivity contribution >= 4 is 64.2 Å². The number of rotatable bonds is 4. The van der Waals surface area contributed by atoms with Crippen LogP contribution in [0.1, 0.15) is 0 Å². The standard InChI is InChI=1S/C44H27N3S/c1-3-13-28(14-4-1)32-23-33(29-15-5-2-6-16-29)25-34(24-32)42-45-43(41-36-20-10-12-22-40(36)48-44(41)46-42)47-38-21-11-9-19-35(38)37-26-30-17-7-8-18-31(30)27-39(37)47/h1-27H. The Labute approximate surface area is 281 Å². The molecule has 10 rings (SSSR count). The van der Waals surface area contributed by atoms with Crippen LogP contribution >= 0.6 is 11.3 Å². The highest BCUT2D eigenvalue weighted by Crippen LogP contribution is 2.42. The molecule has 0 aliphatic heterocycles. The molecule has 0 radical (unpaired) electrons. The Morgan fingerprint density at radius 1 is 0.417 bits per heavy atom. The van der Waals surface area contributed by atoms with Crippen LogP contribution in [0.5, 0.6) is 0 Å². The molecule has 0 bridgehead atoms. The maximum atomic E-state index is 5.54. The van der Waals surface area contributed by atoms with Gasteiger partial charge in [-0.1, -0.05) is 121 Å². The molecule has 4 heteroatoms. The zero-order valence-corrected chi connectivity index (χ0v) is 26.7. The lowest BCUT2D eigenvalue weighted by molar-refractivity contribution is 1.08. The molecule has 0 saturated carbocycles. The van der Waals surface area contributed by atoms with Gasteiger partial charge in [-0.3, -0.25) is 4.57 Å². The average molecular weight is 630 g/mol. The second kappa shape index (κ2) is 10.7. The van der Waals surface area contributed by atoms with Gasteiger partial charge < -0.3 is 0 Å². The summed E-state index contributed by atoms with van der Waals surface area (Å²) in [5.41, 5.74) is 7.85. The Bertz CT molecular complexity index is 2770. The second-order valence-electron chi connectivity index (χ2n) is 12.2. The predicted octanol–water partition coefficient (Wildman–Crippen LogP) is 12.1. The van der Waals surface area contributed by atoms with E-state index >= 15 is 0 Å². The van der Waals surface area contributed by atoms with Crippen LogP contribution in [0.3, 0.4) is 0 Å². The van der Waals surface area contributed by atoms with Crippen molar-refractivity contribution in [2.45, 2.75) is 0 Å². The topological polar surface area (TPSA) is 30.7 Å². The Hall–Kier alpha value is -6.10. The number of para-hydroxylation sites is 1. The zero-order chi connectivity index (χ0) is 31.6. The van der Waals surface area contributed by atoms with Gasteiger partial charge in [-0.05, 0) is 75.5 Å². The van der Waals surface area contributed by atoms with E-state index in [-0.39, 0.29) is 0 Å². The van der Waals surface area contributed by atoms with E-state index in [1.54, 1.807) is 11.3 Å². The fourth-order valence-electron chi connectivity index (χ4n) is 7.13. The number of nitrogens with zero attached hydrogens (tertiary/aromatic N) is 3. The van der Waals surface area contributed by atoms with Crippen molar-refractivity contribution in [3.05, 3.63) is 164 Å². The third-order valence-electron chi connectivity index (χ3n) is 9.38. The van der Waals surface area contributed by atoms with Gasteiger partial charge in [-0.15, -0.1) is 11.3 Å². The molecule has 0 spiro atoms. The molecule has 0 aliphatic rings. The summed E-state index contributed by atoms with van der Waals surface area (Å²) >= 11 is 1.73. The summed E-state index contributed by atoms with van der Waals surface area (Å²) in [6, 6.07) is 58.4. The highest BCUT2D eigenvalue weighted by Gasteiger charge is 2.21. The molecule has 7 aromatic carbocycles. The number of aromatic nitrogens is 3. The first-order valence-corrected chi connectivity index (χ1v) is 17.0. The highest BCUT2D eigenvalue weighted by atomic mass is 32.1. The van der Waals surface area contributed by atoms with E-state index in [1.807, 2.05) is 0 Å². The summed E-state index contributed by atoms with van der Waals surface area (Å²) in [4.78, 5) is 11.9. The van der Waals surface area contributed by atoms with Crippen LogP contribution in [0.4, 0.5) is 0 Å². The molecule has 0 aliphatic carbocycles. The molecule has 0 fully saturated rings. The molecule has 224 valence electrons. The lowest BCUT2D eigenvalue weighted by Gasteiger charge is -2.14. The molecule has 0 saturated heterocycles. The van der Waals surface area contributed by atoms with Crippen LogP contribution in [-0.2, 0) is 0 Å². The van der Waals surface area contributed by atoms with Crippen LogP contribution < -0.4 is 0 Å². The Balaban J connectivity index is 1.32. The van der Waals surface area contributed by atoms with Crippen molar-refractivity contribution in [1.29, 1.82) is 0 Å². The first kappa shape index (κ1) is 27.1. The van der Waals surface area contributed by atoms with Gasteiger partial charge in [-0.25, -0.2) is 9.97 Å². The van der Waals surface area contributed by atoms with Crippen LogP contribution in [0, 0.1) is 0 Å². The molecule has 0 unspecified atom stereocenters. The molecule has 0 N–H and O–H groups in total. The Morgan fingerprint density at radius 3 is 1.73 bits per heavy atom. The van der Waals surface area contributed by atoms with Gasteiger partial charge in [0, 0.05) is 26.4 Å². The first-order chi connectivity index (χ1) is 23.8. The normalized spacial score (nSPS) is 11.8. The maximum Gasteiger partial charge on any atom is 0.163 e. The SMILES string of the molecule is c1ccc(-c2cc(-c3ccccc3)cc(-c3nc(-n4c5ccccc5c5cc6ccccc6cc54)c4c(n3)sc3ccccc34)c2)cc1. The summed E-state index contributed by atoms with van der Waals surface area (Å²) in [7, 11) is 0. The summed E-state index contributed by atoms with van der Waals surface area (Å²) < 4.78 is 3.57.